The average Bonchev–Trinajstić information content (AvgIpc) is 2.78. The molecule has 1 heterocycles. The van der Waals surface area contributed by atoms with E-state index < -0.39 is 0 Å². The lowest BCUT2D eigenvalue weighted by Gasteiger charge is -2.35. The molecule has 0 N–H and O–H groups in total. The van der Waals surface area contributed by atoms with Crippen molar-refractivity contribution in [3.8, 4) is 17.2 Å². The summed E-state index contributed by atoms with van der Waals surface area (Å²) in [5, 5.41) is 0. The van der Waals surface area contributed by atoms with Crippen molar-refractivity contribution in [3.63, 3.8) is 0 Å². The van der Waals surface area contributed by atoms with E-state index in [1.165, 1.54) is 13.2 Å². The van der Waals surface area contributed by atoms with E-state index in [4.69, 9.17) is 14.2 Å². The molecule has 1 fully saturated rings. The number of carbonyl (C=O) groups is 1. The first kappa shape index (κ1) is 21.9. The molecule has 0 atom stereocenters. The van der Waals surface area contributed by atoms with Gasteiger partial charge in [0.15, 0.2) is 23.1 Å². The number of carbonyl (C=O) groups excluding carboxylic acids is 1. The standard InChI is InChI=1S/C23H29FN2O4/c1-28-20-7-5-18(14-19(20)24)16-25-10-12-26(13-11-25)23(27)9-6-17-4-8-21(29-2)22(15-17)30-3/h4-5,7-8,14-15H,6,9-13,16H2,1-3H3. The van der Waals surface area contributed by atoms with Crippen LogP contribution in [0.1, 0.15) is 17.5 Å². The molecule has 0 aliphatic carbocycles. The van der Waals surface area contributed by atoms with Crippen LogP contribution in [0.5, 0.6) is 17.2 Å². The van der Waals surface area contributed by atoms with Crippen molar-refractivity contribution in [2.45, 2.75) is 19.4 Å². The SMILES string of the molecule is COc1ccc(CN2CCN(C(=O)CCc3ccc(OC)c(OC)c3)CC2)cc1F. The molecule has 6 nitrogen and oxygen atoms in total. The van der Waals surface area contributed by atoms with E-state index in [-0.39, 0.29) is 17.5 Å². The molecule has 162 valence electrons. The Morgan fingerprint density at radius 2 is 1.50 bits per heavy atom. The second-order valence-corrected chi connectivity index (χ2v) is 7.32. The molecule has 1 amide bonds. The van der Waals surface area contributed by atoms with Crippen molar-refractivity contribution in [1.82, 2.24) is 9.80 Å². The molecule has 2 aromatic rings. The van der Waals surface area contributed by atoms with Crippen LogP contribution in [0.2, 0.25) is 0 Å². The Morgan fingerprint density at radius 1 is 0.867 bits per heavy atom. The molecule has 2 aromatic carbocycles. The van der Waals surface area contributed by atoms with Gasteiger partial charge in [-0.3, -0.25) is 9.69 Å². The Bertz CT molecular complexity index is 866. The van der Waals surface area contributed by atoms with E-state index in [1.54, 1.807) is 20.3 Å². The van der Waals surface area contributed by atoms with Gasteiger partial charge in [-0.25, -0.2) is 4.39 Å². The number of rotatable bonds is 8. The quantitative estimate of drug-likeness (QED) is 0.662. The molecule has 1 aliphatic heterocycles. The van der Waals surface area contributed by atoms with E-state index in [9.17, 15) is 9.18 Å². The lowest BCUT2D eigenvalue weighted by molar-refractivity contribution is -0.133. The number of piperazine rings is 1. The third-order valence-corrected chi connectivity index (χ3v) is 5.42. The van der Waals surface area contributed by atoms with E-state index in [2.05, 4.69) is 4.90 Å². The third kappa shape index (κ3) is 5.42. The molecule has 7 heteroatoms. The van der Waals surface area contributed by atoms with Gasteiger partial charge >= 0.3 is 0 Å². The van der Waals surface area contributed by atoms with Crippen LogP contribution < -0.4 is 14.2 Å². The predicted octanol–water partition coefficient (Wildman–Crippen LogP) is 3.13. The van der Waals surface area contributed by atoms with Gasteiger partial charge in [0.1, 0.15) is 0 Å². The first-order chi connectivity index (χ1) is 14.5. The maximum absolute atomic E-state index is 13.9. The van der Waals surface area contributed by atoms with Gasteiger partial charge in [-0.15, -0.1) is 0 Å². The van der Waals surface area contributed by atoms with Gasteiger partial charge in [-0.05, 0) is 41.8 Å². The molecule has 1 saturated heterocycles. The summed E-state index contributed by atoms with van der Waals surface area (Å²) in [6.45, 7) is 3.58. The molecule has 0 unspecified atom stereocenters. The van der Waals surface area contributed by atoms with Gasteiger partial charge in [0.2, 0.25) is 5.91 Å². The molecule has 3 rings (SSSR count). The maximum atomic E-state index is 13.9. The number of halogens is 1. The smallest absolute Gasteiger partial charge is 0.222 e. The number of hydrogen-bond donors (Lipinski definition) is 0. The largest absolute Gasteiger partial charge is 0.494 e. The number of hydrogen-bond acceptors (Lipinski definition) is 5. The van der Waals surface area contributed by atoms with Crippen LogP contribution in [0, 0.1) is 5.82 Å². The zero-order valence-electron chi connectivity index (χ0n) is 17.8. The fourth-order valence-electron chi connectivity index (χ4n) is 3.67. The summed E-state index contributed by atoms with van der Waals surface area (Å²) in [4.78, 5) is 16.8. The highest BCUT2D eigenvalue weighted by molar-refractivity contribution is 5.76. The zero-order valence-corrected chi connectivity index (χ0v) is 17.8. The second kappa shape index (κ2) is 10.3. The molecule has 0 spiro atoms. The lowest BCUT2D eigenvalue weighted by atomic mass is 10.1. The predicted molar refractivity (Wildman–Crippen MR) is 113 cm³/mol. The topological polar surface area (TPSA) is 51.2 Å². The van der Waals surface area contributed by atoms with Crippen molar-refractivity contribution >= 4 is 5.91 Å². The van der Waals surface area contributed by atoms with Crippen LogP contribution in [0.4, 0.5) is 4.39 Å². The van der Waals surface area contributed by atoms with E-state index in [0.717, 1.165) is 24.2 Å². The van der Waals surface area contributed by atoms with Crippen LogP contribution in [-0.2, 0) is 17.8 Å². The van der Waals surface area contributed by atoms with Gasteiger partial charge < -0.3 is 19.1 Å². The number of benzene rings is 2. The Hall–Kier alpha value is -2.80. The van der Waals surface area contributed by atoms with Crippen molar-refractivity contribution in [1.29, 1.82) is 0 Å². The van der Waals surface area contributed by atoms with Crippen LogP contribution in [0.15, 0.2) is 36.4 Å². The Kier molecular flexibility index (Phi) is 7.52. The van der Waals surface area contributed by atoms with Crippen molar-refractivity contribution in [3.05, 3.63) is 53.3 Å². The molecule has 1 aliphatic rings. The summed E-state index contributed by atoms with van der Waals surface area (Å²) in [6.07, 6.45) is 1.11. The summed E-state index contributed by atoms with van der Waals surface area (Å²) >= 11 is 0. The van der Waals surface area contributed by atoms with Gasteiger partial charge in [0.05, 0.1) is 21.3 Å². The number of methoxy groups -OCH3 is 3. The van der Waals surface area contributed by atoms with E-state index in [0.29, 0.717) is 44.0 Å². The molecule has 30 heavy (non-hydrogen) atoms. The first-order valence-corrected chi connectivity index (χ1v) is 10.1. The zero-order chi connectivity index (χ0) is 21.5. The van der Waals surface area contributed by atoms with Gasteiger partial charge in [0.25, 0.3) is 0 Å². The maximum Gasteiger partial charge on any atom is 0.222 e. The van der Waals surface area contributed by atoms with Gasteiger partial charge in [-0.1, -0.05) is 12.1 Å². The number of nitrogens with zero attached hydrogens (tertiary/aromatic N) is 2. The summed E-state index contributed by atoms with van der Waals surface area (Å²) in [6, 6.07) is 10.8. The van der Waals surface area contributed by atoms with E-state index in [1.807, 2.05) is 29.2 Å². The minimum absolute atomic E-state index is 0.153. The van der Waals surface area contributed by atoms with Crippen LogP contribution in [0.3, 0.4) is 0 Å². The lowest BCUT2D eigenvalue weighted by Crippen LogP contribution is -2.48. The second-order valence-electron chi connectivity index (χ2n) is 7.32. The fourth-order valence-corrected chi connectivity index (χ4v) is 3.67. The Morgan fingerprint density at radius 3 is 2.13 bits per heavy atom. The number of amides is 1. The Balaban J connectivity index is 1.46. The normalized spacial score (nSPS) is 14.5. The molecule has 0 aromatic heterocycles. The van der Waals surface area contributed by atoms with Gasteiger partial charge in [0, 0.05) is 39.1 Å². The highest BCUT2D eigenvalue weighted by atomic mass is 19.1. The summed E-state index contributed by atoms with van der Waals surface area (Å²) in [7, 11) is 4.66. The molecular formula is C23H29FN2O4. The molecule has 0 saturated carbocycles. The number of aryl methyl sites for hydroxylation is 1. The summed E-state index contributed by atoms with van der Waals surface area (Å²) in [5.74, 6) is 1.41. The minimum Gasteiger partial charge on any atom is -0.494 e. The first-order valence-electron chi connectivity index (χ1n) is 10.1. The molecule has 0 radical (unpaired) electrons. The third-order valence-electron chi connectivity index (χ3n) is 5.42. The fraction of sp³-hybridized carbons (Fsp3) is 0.435. The minimum atomic E-state index is -0.348. The molecule has 0 bridgehead atoms. The Labute approximate surface area is 177 Å². The molecular weight excluding hydrogens is 387 g/mol. The van der Waals surface area contributed by atoms with Crippen LogP contribution >= 0.6 is 0 Å². The summed E-state index contributed by atoms with van der Waals surface area (Å²) in [5.41, 5.74) is 1.95. The summed E-state index contributed by atoms with van der Waals surface area (Å²) < 4.78 is 29.4. The highest BCUT2D eigenvalue weighted by Gasteiger charge is 2.21. The van der Waals surface area contributed by atoms with Crippen molar-refractivity contribution in [2.24, 2.45) is 0 Å². The van der Waals surface area contributed by atoms with Crippen LogP contribution in [-0.4, -0.2) is 63.2 Å². The average molecular weight is 416 g/mol. The van der Waals surface area contributed by atoms with Crippen LogP contribution in [0.25, 0.3) is 0 Å². The van der Waals surface area contributed by atoms with Crippen molar-refractivity contribution < 1.29 is 23.4 Å². The highest BCUT2D eigenvalue weighted by Crippen LogP contribution is 2.28. The van der Waals surface area contributed by atoms with Crippen molar-refractivity contribution in [2.75, 3.05) is 47.5 Å². The monoisotopic (exact) mass is 416 g/mol. The van der Waals surface area contributed by atoms with E-state index >= 15 is 0 Å². The van der Waals surface area contributed by atoms with Gasteiger partial charge in [-0.2, -0.15) is 0 Å². The number of ether oxygens (including phenoxy) is 3.